The lowest BCUT2D eigenvalue weighted by Gasteiger charge is -2.32. The summed E-state index contributed by atoms with van der Waals surface area (Å²) < 4.78 is 25.1. The number of rotatable bonds is 8. The van der Waals surface area contributed by atoms with Crippen LogP contribution in [0.4, 0.5) is 15.9 Å². The molecule has 1 aromatic heterocycles. The monoisotopic (exact) mass is 514 g/mol. The second-order valence-corrected chi connectivity index (χ2v) is 16.5. The smallest absolute Gasteiger partial charge is 0.247 e. The summed E-state index contributed by atoms with van der Waals surface area (Å²) in [5.41, 5.74) is 7.89. The van der Waals surface area contributed by atoms with Crippen LogP contribution in [0, 0.1) is 12.7 Å². The Morgan fingerprint density at radius 2 is 2.03 bits per heavy atom. The molecular weight excluding hydrogens is 479 g/mol. The molecule has 1 unspecified atom stereocenters. The van der Waals surface area contributed by atoms with Crippen molar-refractivity contribution in [3.63, 3.8) is 0 Å². The zero-order valence-electron chi connectivity index (χ0n) is 21.4. The molecule has 2 aromatic rings. The highest BCUT2D eigenvalue weighted by molar-refractivity contribution is 6.76. The standard InChI is InChI=1S/C26H35FN4O4Si/c1-17-13-18(5-6-20(17)27)23(28)24(32)30-22-14-21-19(15-29-22)26(7-9-34-10-8-26)25(33)31(21)16-35-11-12-36(2,3)4/h5-6,13-15,23H,7-12,16,28H2,1-4H3,(H,29,30,32). The number of nitrogens with one attached hydrogen (secondary N) is 1. The fourth-order valence-corrected chi connectivity index (χ4v) is 5.43. The molecule has 10 heteroatoms. The van der Waals surface area contributed by atoms with Crippen LogP contribution in [0.5, 0.6) is 0 Å². The number of aryl methyl sites for hydroxylation is 1. The predicted molar refractivity (Wildman–Crippen MR) is 139 cm³/mol. The number of anilines is 2. The van der Waals surface area contributed by atoms with E-state index in [-0.39, 0.29) is 24.3 Å². The topological polar surface area (TPSA) is 107 Å². The molecule has 1 aromatic carbocycles. The summed E-state index contributed by atoms with van der Waals surface area (Å²) >= 11 is 0. The van der Waals surface area contributed by atoms with Gasteiger partial charge < -0.3 is 20.5 Å². The molecular formula is C26H35FN4O4Si. The minimum Gasteiger partial charge on any atom is -0.381 e. The number of ether oxygens (including phenoxy) is 2. The summed E-state index contributed by atoms with van der Waals surface area (Å²) in [7, 11) is -1.27. The molecule has 1 fully saturated rings. The number of carbonyl (C=O) groups excluding carboxylic acids is 2. The molecule has 2 aliphatic rings. The molecule has 1 atom stereocenters. The number of hydrogen-bond donors (Lipinski definition) is 2. The first-order valence-electron chi connectivity index (χ1n) is 12.3. The Morgan fingerprint density at radius 1 is 1.31 bits per heavy atom. The number of fused-ring (bicyclic) bond motifs is 2. The first kappa shape index (κ1) is 26.4. The number of hydrogen-bond acceptors (Lipinski definition) is 6. The Hall–Kier alpha value is -2.66. The van der Waals surface area contributed by atoms with Crippen molar-refractivity contribution in [1.82, 2.24) is 4.98 Å². The van der Waals surface area contributed by atoms with Gasteiger partial charge >= 0.3 is 0 Å². The van der Waals surface area contributed by atoms with Crippen molar-refractivity contribution in [3.05, 3.63) is 53.0 Å². The van der Waals surface area contributed by atoms with Gasteiger partial charge in [-0.1, -0.05) is 31.8 Å². The highest BCUT2D eigenvalue weighted by Gasteiger charge is 2.52. The summed E-state index contributed by atoms with van der Waals surface area (Å²) in [6.45, 7) is 10.2. The Bertz CT molecular complexity index is 1150. The fourth-order valence-electron chi connectivity index (χ4n) is 4.67. The second kappa shape index (κ2) is 10.4. The van der Waals surface area contributed by atoms with Gasteiger partial charge in [-0.15, -0.1) is 0 Å². The van der Waals surface area contributed by atoms with Gasteiger partial charge in [0.1, 0.15) is 24.4 Å². The summed E-state index contributed by atoms with van der Waals surface area (Å²) in [4.78, 5) is 32.6. The molecule has 0 radical (unpaired) electrons. The second-order valence-electron chi connectivity index (χ2n) is 10.8. The average molecular weight is 515 g/mol. The fraction of sp³-hybridized carbons (Fsp3) is 0.500. The largest absolute Gasteiger partial charge is 0.381 e. The maximum atomic E-state index is 13.6. The molecule has 36 heavy (non-hydrogen) atoms. The van der Waals surface area contributed by atoms with Crippen molar-refractivity contribution in [1.29, 1.82) is 0 Å². The van der Waals surface area contributed by atoms with Gasteiger partial charge in [0.05, 0.1) is 11.1 Å². The number of aromatic nitrogens is 1. The quantitative estimate of drug-likeness (QED) is 0.409. The lowest BCUT2D eigenvalue weighted by atomic mass is 9.76. The van der Waals surface area contributed by atoms with E-state index in [4.69, 9.17) is 15.2 Å². The van der Waals surface area contributed by atoms with E-state index in [1.54, 1.807) is 30.2 Å². The van der Waals surface area contributed by atoms with Gasteiger partial charge in [-0.2, -0.15) is 0 Å². The first-order valence-corrected chi connectivity index (χ1v) is 16.0. The van der Waals surface area contributed by atoms with Crippen LogP contribution in [-0.2, 0) is 24.5 Å². The van der Waals surface area contributed by atoms with E-state index in [0.29, 0.717) is 49.5 Å². The molecule has 3 heterocycles. The number of nitrogens with two attached hydrogens (primary N) is 1. The van der Waals surface area contributed by atoms with E-state index in [1.807, 2.05) is 0 Å². The van der Waals surface area contributed by atoms with Gasteiger partial charge in [0, 0.05) is 45.7 Å². The Balaban J connectivity index is 1.56. The summed E-state index contributed by atoms with van der Waals surface area (Å²) in [6, 6.07) is 6.06. The van der Waals surface area contributed by atoms with E-state index in [1.165, 1.54) is 12.1 Å². The number of pyridine rings is 1. The van der Waals surface area contributed by atoms with E-state index >= 15 is 0 Å². The molecule has 194 valence electrons. The first-order chi connectivity index (χ1) is 17.0. The maximum absolute atomic E-state index is 13.6. The molecule has 1 spiro atoms. The minimum absolute atomic E-state index is 0.0161. The van der Waals surface area contributed by atoms with Gasteiger partial charge in [-0.3, -0.25) is 14.5 Å². The lowest BCUT2D eigenvalue weighted by Crippen LogP contribution is -2.44. The van der Waals surface area contributed by atoms with E-state index in [9.17, 15) is 14.0 Å². The number of benzene rings is 1. The molecule has 2 amide bonds. The van der Waals surface area contributed by atoms with E-state index in [0.717, 1.165) is 11.6 Å². The minimum atomic E-state index is -1.27. The molecule has 4 rings (SSSR count). The van der Waals surface area contributed by atoms with Crippen LogP contribution in [0.2, 0.25) is 25.7 Å². The molecule has 0 bridgehead atoms. The van der Waals surface area contributed by atoms with Crippen molar-refractivity contribution in [2.45, 2.75) is 56.9 Å². The average Bonchev–Trinajstić information content (AvgIpc) is 3.04. The Morgan fingerprint density at radius 3 is 2.69 bits per heavy atom. The Kier molecular flexibility index (Phi) is 7.61. The molecule has 2 aliphatic heterocycles. The summed E-state index contributed by atoms with van der Waals surface area (Å²) in [5.74, 6) is -0.559. The third kappa shape index (κ3) is 5.36. The number of carbonyl (C=O) groups is 2. The van der Waals surface area contributed by atoms with Crippen LogP contribution < -0.4 is 16.0 Å². The van der Waals surface area contributed by atoms with Gasteiger partial charge in [-0.05, 0) is 43.0 Å². The van der Waals surface area contributed by atoms with Gasteiger partial charge in [0.2, 0.25) is 11.8 Å². The zero-order valence-corrected chi connectivity index (χ0v) is 22.4. The SMILES string of the molecule is Cc1cc(C(N)C(=O)Nc2cc3c(cn2)C2(CCOCC2)C(=O)N3COCC[Si](C)(C)C)ccc1F. The van der Waals surface area contributed by atoms with Crippen LogP contribution in [0.15, 0.2) is 30.5 Å². The van der Waals surface area contributed by atoms with Crippen molar-refractivity contribution in [3.8, 4) is 0 Å². The molecule has 0 saturated carbocycles. The van der Waals surface area contributed by atoms with Crippen molar-refractivity contribution in [2.24, 2.45) is 5.73 Å². The normalized spacial score (nSPS) is 17.8. The van der Waals surface area contributed by atoms with Crippen molar-refractivity contribution in [2.75, 3.05) is 36.8 Å². The van der Waals surface area contributed by atoms with E-state index < -0.39 is 25.4 Å². The van der Waals surface area contributed by atoms with Gasteiger partial charge in [0.15, 0.2) is 0 Å². The third-order valence-corrected chi connectivity index (χ3v) is 8.69. The van der Waals surface area contributed by atoms with Crippen LogP contribution in [0.3, 0.4) is 0 Å². The zero-order chi connectivity index (χ0) is 26.1. The predicted octanol–water partition coefficient (Wildman–Crippen LogP) is 3.87. The van der Waals surface area contributed by atoms with Crippen LogP contribution in [0.25, 0.3) is 0 Å². The maximum Gasteiger partial charge on any atom is 0.247 e. The van der Waals surface area contributed by atoms with Crippen LogP contribution in [-0.4, -0.2) is 51.4 Å². The highest BCUT2D eigenvalue weighted by atomic mass is 28.3. The number of nitrogens with zero attached hydrogens (tertiary/aromatic N) is 2. The lowest BCUT2D eigenvalue weighted by molar-refractivity contribution is -0.127. The number of halogens is 1. The molecule has 3 N–H and O–H groups in total. The third-order valence-electron chi connectivity index (χ3n) is 6.98. The molecule has 0 aliphatic carbocycles. The summed E-state index contributed by atoms with van der Waals surface area (Å²) in [6.07, 6.45) is 2.82. The van der Waals surface area contributed by atoms with E-state index in [2.05, 4.69) is 29.9 Å². The van der Waals surface area contributed by atoms with Gasteiger partial charge in [-0.25, -0.2) is 9.37 Å². The molecule has 8 nitrogen and oxygen atoms in total. The van der Waals surface area contributed by atoms with Crippen LogP contribution in [0.1, 0.15) is 35.6 Å². The van der Waals surface area contributed by atoms with Crippen molar-refractivity contribution >= 4 is 31.4 Å². The molecule has 1 saturated heterocycles. The Labute approximate surface area is 212 Å². The van der Waals surface area contributed by atoms with Gasteiger partial charge in [0.25, 0.3) is 0 Å². The summed E-state index contributed by atoms with van der Waals surface area (Å²) in [5, 5.41) is 2.75. The van der Waals surface area contributed by atoms with Crippen LogP contribution >= 0.6 is 0 Å². The highest BCUT2D eigenvalue weighted by Crippen LogP contribution is 2.48. The number of amides is 2. The van der Waals surface area contributed by atoms with Crippen molar-refractivity contribution < 1.29 is 23.5 Å².